The Hall–Kier alpha value is -2.00. The summed E-state index contributed by atoms with van der Waals surface area (Å²) in [7, 11) is -3.81. The van der Waals surface area contributed by atoms with Gasteiger partial charge in [-0.1, -0.05) is 6.07 Å². The lowest BCUT2D eigenvalue weighted by Crippen LogP contribution is -2.14. The lowest BCUT2D eigenvalue weighted by molar-refractivity contribution is 0.315. The van der Waals surface area contributed by atoms with Crippen molar-refractivity contribution in [1.82, 2.24) is 15.3 Å². The molecule has 1 aromatic carbocycles. The van der Waals surface area contributed by atoms with Crippen LogP contribution in [0.15, 0.2) is 50.5 Å². The Morgan fingerprint density at radius 1 is 1.15 bits per heavy atom. The molecule has 20 heavy (non-hydrogen) atoms. The van der Waals surface area contributed by atoms with E-state index in [1.807, 2.05) is 0 Å². The molecule has 0 amide bonds. The van der Waals surface area contributed by atoms with Crippen molar-refractivity contribution in [2.24, 2.45) is 0 Å². The van der Waals surface area contributed by atoms with Crippen molar-refractivity contribution in [2.45, 2.75) is 4.90 Å². The minimum atomic E-state index is -3.81. The van der Waals surface area contributed by atoms with Gasteiger partial charge in [0.05, 0.1) is 0 Å². The predicted octanol–water partition coefficient (Wildman–Crippen LogP) is 2.18. The van der Waals surface area contributed by atoms with E-state index in [2.05, 4.69) is 40.6 Å². The lowest BCUT2D eigenvalue weighted by Gasteiger charge is -2.07. The Morgan fingerprint density at radius 3 is 2.75 bits per heavy atom. The van der Waals surface area contributed by atoms with E-state index in [-0.39, 0.29) is 16.2 Å². The van der Waals surface area contributed by atoms with E-state index in [1.165, 1.54) is 12.3 Å². The maximum atomic E-state index is 12.3. The normalized spacial score (nSPS) is 11.7. The van der Waals surface area contributed by atoms with Crippen LogP contribution in [0.4, 0.5) is 5.82 Å². The van der Waals surface area contributed by atoms with Gasteiger partial charge in [0, 0.05) is 10.7 Å². The number of hydrogen-bond acceptors (Lipinski definition) is 6. The van der Waals surface area contributed by atoms with Gasteiger partial charge < -0.3 is 0 Å². The van der Waals surface area contributed by atoms with Gasteiger partial charge in [-0.3, -0.25) is 4.72 Å². The van der Waals surface area contributed by atoms with Gasteiger partial charge in [-0.05, 0) is 50.5 Å². The first-order valence-corrected chi connectivity index (χ1v) is 7.69. The number of nitrogens with zero attached hydrogens (tertiary/aromatic N) is 3. The second kappa shape index (κ2) is 4.84. The molecule has 0 saturated heterocycles. The molecule has 102 valence electrons. The summed E-state index contributed by atoms with van der Waals surface area (Å²) in [5.74, 6) is 0.210. The zero-order valence-corrected chi connectivity index (χ0v) is 12.2. The average Bonchev–Trinajstić information content (AvgIpc) is 2.89. The molecule has 0 saturated carbocycles. The number of fused-ring (bicyclic) bond motifs is 1. The summed E-state index contributed by atoms with van der Waals surface area (Å²) >= 11 is 3.23. The molecule has 0 spiro atoms. The second-order valence-electron chi connectivity index (χ2n) is 3.86. The smallest absolute Gasteiger partial charge is 0.263 e. The third-order valence-electron chi connectivity index (χ3n) is 2.50. The molecule has 0 radical (unpaired) electrons. The molecule has 0 aliphatic heterocycles. The van der Waals surface area contributed by atoms with E-state index in [0.29, 0.717) is 5.52 Å². The molecule has 9 heteroatoms. The van der Waals surface area contributed by atoms with Crippen molar-refractivity contribution in [3.8, 4) is 0 Å². The Labute approximate surface area is 122 Å². The maximum absolute atomic E-state index is 12.3. The molecule has 0 atom stereocenters. The van der Waals surface area contributed by atoms with Gasteiger partial charge in [0.2, 0.25) is 0 Å². The lowest BCUT2D eigenvalue weighted by atomic mass is 10.3. The van der Waals surface area contributed by atoms with Crippen LogP contribution in [0.3, 0.4) is 0 Å². The molecule has 0 bridgehead atoms. The first-order valence-electron chi connectivity index (χ1n) is 5.42. The average molecular weight is 355 g/mol. The SMILES string of the molecule is O=S(=O)(Nc1ccc(Br)cn1)c1cccc2nonc12. The molecular weight excluding hydrogens is 348 g/mol. The third kappa shape index (κ3) is 2.37. The number of anilines is 1. The summed E-state index contributed by atoms with van der Waals surface area (Å²) < 4.78 is 32.3. The Morgan fingerprint density at radius 2 is 2.00 bits per heavy atom. The zero-order chi connectivity index (χ0) is 14.2. The van der Waals surface area contributed by atoms with Crippen LogP contribution in [0.1, 0.15) is 0 Å². The summed E-state index contributed by atoms with van der Waals surface area (Å²) in [6.45, 7) is 0. The van der Waals surface area contributed by atoms with Crippen LogP contribution in [-0.2, 0) is 10.0 Å². The molecule has 0 aliphatic rings. The van der Waals surface area contributed by atoms with Crippen molar-refractivity contribution in [3.05, 3.63) is 41.0 Å². The molecule has 2 aromatic heterocycles. The molecule has 0 fully saturated rings. The topological polar surface area (TPSA) is 98.0 Å². The highest BCUT2D eigenvalue weighted by atomic mass is 79.9. The van der Waals surface area contributed by atoms with E-state index in [9.17, 15) is 8.42 Å². The highest BCUT2D eigenvalue weighted by molar-refractivity contribution is 9.10. The van der Waals surface area contributed by atoms with Crippen molar-refractivity contribution in [3.63, 3.8) is 0 Å². The molecule has 2 heterocycles. The molecule has 0 unspecified atom stereocenters. The van der Waals surface area contributed by atoms with Crippen molar-refractivity contribution < 1.29 is 13.0 Å². The van der Waals surface area contributed by atoms with E-state index >= 15 is 0 Å². The van der Waals surface area contributed by atoms with Crippen LogP contribution in [0.5, 0.6) is 0 Å². The van der Waals surface area contributed by atoms with Gasteiger partial charge in [-0.2, -0.15) is 0 Å². The number of pyridine rings is 1. The summed E-state index contributed by atoms with van der Waals surface area (Å²) in [4.78, 5) is 3.95. The fourth-order valence-electron chi connectivity index (χ4n) is 1.63. The van der Waals surface area contributed by atoms with Gasteiger partial charge in [-0.25, -0.2) is 18.0 Å². The molecule has 3 aromatic rings. The number of hydrogen-bond donors (Lipinski definition) is 1. The van der Waals surface area contributed by atoms with Gasteiger partial charge in [0.1, 0.15) is 16.2 Å². The highest BCUT2D eigenvalue weighted by Gasteiger charge is 2.20. The minimum absolute atomic E-state index is 0.0130. The fourth-order valence-corrected chi connectivity index (χ4v) is 3.02. The van der Waals surface area contributed by atoms with Gasteiger partial charge in [0.15, 0.2) is 5.52 Å². The number of rotatable bonds is 3. The molecule has 0 aliphatic carbocycles. The summed E-state index contributed by atoms with van der Waals surface area (Å²) in [6.07, 6.45) is 1.50. The Balaban J connectivity index is 2.03. The number of nitrogens with one attached hydrogen (secondary N) is 1. The van der Waals surface area contributed by atoms with E-state index < -0.39 is 10.0 Å². The number of aromatic nitrogens is 3. The molecule has 1 N–H and O–H groups in total. The predicted molar refractivity (Wildman–Crippen MR) is 74.5 cm³/mol. The largest absolute Gasteiger partial charge is 0.265 e. The van der Waals surface area contributed by atoms with Crippen molar-refractivity contribution in [1.29, 1.82) is 0 Å². The van der Waals surface area contributed by atoms with Crippen LogP contribution in [0.2, 0.25) is 0 Å². The highest BCUT2D eigenvalue weighted by Crippen LogP contribution is 2.22. The van der Waals surface area contributed by atoms with Crippen LogP contribution in [0.25, 0.3) is 11.0 Å². The van der Waals surface area contributed by atoms with E-state index in [4.69, 9.17) is 0 Å². The molecular formula is C11H7BrN4O3S. The van der Waals surface area contributed by atoms with Crippen LogP contribution in [-0.4, -0.2) is 23.7 Å². The first kappa shape index (κ1) is 13.0. The summed E-state index contributed by atoms with van der Waals surface area (Å²) in [6, 6.07) is 7.83. The maximum Gasteiger partial charge on any atom is 0.265 e. The van der Waals surface area contributed by atoms with Gasteiger partial charge >= 0.3 is 0 Å². The van der Waals surface area contributed by atoms with Crippen molar-refractivity contribution >= 4 is 42.8 Å². The van der Waals surface area contributed by atoms with E-state index in [0.717, 1.165) is 4.47 Å². The van der Waals surface area contributed by atoms with Gasteiger partial charge in [0.25, 0.3) is 10.0 Å². The number of sulfonamides is 1. The monoisotopic (exact) mass is 354 g/mol. The fraction of sp³-hybridized carbons (Fsp3) is 0. The van der Waals surface area contributed by atoms with Crippen LogP contribution in [0, 0.1) is 0 Å². The third-order valence-corrected chi connectivity index (χ3v) is 4.36. The Kier molecular flexibility index (Phi) is 3.14. The summed E-state index contributed by atoms with van der Waals surface area (Å²) in [5.41, 5.74) is 0.550. The quantitative estimate of drug-likeness (QED) is 0.773. The van der Waals surface area contributed by atoms with Crippen molar-refractivity contribution in [2.75, 3.05) is 4.72 Å². The summed E-state index contributed by atoms with van der Waals surface area (Å²) in [5, 5.41) is 7.22. The Bertz CT molecular complexity index is 861. The van der Waals surface area contributed by atoms with E-state index in [1.54, 1.807) is 24.3 Å². The zero-order valence-electron chi connectivity index (χ0n) is 9.82. The molecule has 3 rings (SSSR count). The number of benzene rings is 1. The van der Waals surface area contributed by atoms with Crippen LogP contribution < -0.4 is 4.72 Å². The second-order valence-corrected chi connectivity index (χ2v) is 6.42. The standard InChI is InChI=1S/C11H7BrN4O3S/c12-7-4-5-10(13-6-7)16-20(17,18)9-3-1-2-8-11(9)15-19-14-8/h1-6H,(H,13,16). The minimum Gasteiger partial charge on any atom is -0.263 e. The first-order chi connectivity index (χ1) is 9.56. The number of halogens is 1. The van der Waals surface area contributed by atoms with Crippen LogP contribution >= 0.6 is 15.9 Å². The molecule has 7 nitrogen and oxygen atoms in total. The van der Waals surface area contributed by atoms with Gasteiger partial charge in [-0.15, -0.1) is 0 Å².